The van der Waals surface area contributed by atoms with E-state index in [0.717, 1.165) is 34.9 Å². The van der Waals surface area contributed by atoms with E-state index in [9.17, 15) is 5.11 Å². The average molecular weight is 477 g/mol. The van der Waals surface area contributed by atoms with Crippen LogP contribution < -0.4 is 20.7 Å². The first-order valence-electron chi connectivity index (χ1n) is 11.9. The molecule has 2 bridgehead atoms. The Bertz CT molecular complexity index is 1490. The van der Waals surface area contributed by atoms with Crippen molar-refractivity contribution in [2.24, 2.45) is 11.7 Å². The van der Waals surface area contributed by atoms with Gasteiger partial charge in [-0.05, 0) is 38.2 Å². The van der Waals surface area contributed by atoms with E-state index in [0.29, 0.717) is 34.9 Å². The van der Waals surface area contributed by atoms with Gasteiger partial charge in [0.2, 0.25) is 0 Å². The molecule has 5 heterocycles. The molecule has 4 aromatic rings. The smallest absolute Gasteiger partial charge is 0.326 e. The highest BCUT2D eigenvalue weighted by Gasteiger charge is 2.52. The fourth-order valence-corrected chi connectivity index (χ4v) is 6.30. The number of rotatable bonds is 4. The van der Waals surface area contributed by atoms with Crippen molar-refractivity contribution in [3.05, 3.63) is 35.7 Å². The largest absolute Gasteiger partial charge is 0.421 e. The second-order valence-corrected chi connectivity index (χ2v) is 9.75. The van der Waals surface area contributed by atoms with Gasteiger partial charge in [-0.15, -0.1) is 0 Å². The van der Waals surface area contributed by atoms with Crippen LogP contribution in [-0.2, 0) is 6.42 Å². The second kappa shape index (κ2) is 7.22. The van der Waals surface area contributed by atoms with Crippen LogP contribution in [0.3, 0.4) is 0 Å². The molecule has 0 radical (unpaired) electrons. The number of benzene rings is 1. The van der Waals surface area contributed by atoms with E-state index in [1.54, 1.807) is 20.0 Å². The SMILES string of the molecule is CNc1cc(F)c2c3c1[nH]c1nc(Oc4cnc([C@@H](C)O)nc4)nc(c13)N1[C@@H]3C[C@@H]([C@H](N)C3)[C@@H]1C2. The van der Waals surface area contributed by atoms with Crippen molar-refractivity contribution < 1.29 is 14.2 Å². The molecule has 11 heteroatoms. The van der Waals surface area contributed by atoms with Gasteiger partial charge in [0.25, 0.3) is 0 Å². The van der Waals surface area contributed by atoms with Crippen LogP contribution in [0.2, 0.25) is 0 Å². The third-order valence-corrected chi connectivity index (χ3v) is 7.78. The van der Waals surface area contributed by atoms with E-state index in [2.05, 4.69) is 30.2 Å². The number of H-pyrrole nitrogens is 1. The summed E-state index contributed by atoms with van der Waals surface area (Å²) < 4.78 is 21.4. The van der Waals surface area contributed by atoms with Crippen molar-refractivity contribution in [3.63, 3.8) is 0 Å². The highest BCUT2D eigenvalue weighted by atomic mass is 19.1. The molecular weight excluding hydrogens is 451 g/mol. The molecule has 10 nitrogen and oxygen atoms in total. The van der Waals surface area contributed by atoms with Gasteiger partial charge in [-0.1, -0.05) is 0 Å². The maximum absolute atomic E-state index is 15.4. The molecule has 1 aliphatic carbocycles. The van der Waals surface area contributed by atoms with Crippen molar-refractivity contribution >= 4 is 33.4 Å². The number of aliphatic hydroxyl groups excluding tert-OH is 1. The lowest BCUT2D eigenvalue weighted by Gasteiger charge is -2.38. The Labute approximate surface area is 199 Å². The molecule has 1 saturated heterocycles. The number of hydrogen-bond donors (Lipinski definition) is 4. The topological polar surface area (TPSA) is 138 Å². The normalized spacial score (nSPS) is 25.3. The lowest BCUT2D eigenvalue weighted by Crippen LogP contribution is -2.49. The molecule has 2 aliphatic heterocycles. The Morgan fingerprint density at radius 3 is 2.80 bits per heavy atom. The van der Waals surface area contributed by atoms with E-state index >= 15 is 4.39 Å². The van der Waals surface area contributed by atoms with Crippen LogP contribution in [-0.4, -0.2) is 55.2 Å². The number of aromatic nitrogens is 5. The number of nitrogens with two attached hydrogens (primary N) is 1. The van der Waals surface area contributed by atoms with Gasteiger partial charge < -0.3 is 30.8 Å². The van der Waals surface area contributed by atoms with Gasteiger partial charge in [0.15, 0.2) is 11.6 Å². The molecule has 0 spiro atoms. The minimum Gasteiger partial charge on any atom is -0.421 e. The quantitative estimate of drug-likeness (QED) is 0.350. The zero-order valence-electron chi connectivity index (χ0n) is 19.3. The molecule has 35 heavy (non-hydrogen) atoms. The fraction of sp³-hybridized carbons (Fsp3) is 0.417. The molecule has 2 fully saturated rings. The highest BCUT2D eigenvalue weighted by Crippen LogP contribution is 2.51. The van der Waals surface area contributed by atoms with Gasteiger partial charge in [0, 0.05) is 36.1 Å². The number of hydrogen-bond acceptors (Lipinski definition) is 9. The van der Waals surface area contributed by atoms with Crippen molar-refractivity contribution in [1.82, 2.24) is 24.9 Å². The first kappa shape index (κ1) is 20.8. The maximum Gasteiger partial charge on any atom is 0.326 e. The summed E-state index contributed by atoms with van der Waals surface area (Å²) in [7, 11) is 1.77. The molecule has 5 atom stereocenters. The minimum absolute atomic E-state index is 0.0638. The molecule has 3 aliphatic rings. The fourth-order valence-electron chi connectivity index (χ4n) is 6.30. The predicted molar refractivity (Wildman–Crippen MR) is 128 cm³/mol. The first-order valence-corrected chi connectivity index (χ1v) is 11.9. The van der Waals surface area contributed by atoms with Crippen LogP contribution in [0.25, 0.3) is 21.9 Å². The van der Waals surface area contributed by atoms with Gasteiger partial charge in [0.05, 0.1) is 29.0 Å². The summed E-state index contributed by atoms with van der Waals surface area (Å²) in [5.41, 5.74) is 9.20. The monoisotopic (exact) mass is 476 g/mol. The van der Waals surface area contributed by atoms with Gasteiger partial charge in [-0.25, -0.2) is 14.4 Å². The van der Waals surface area contributed by atoms with Crippen LogP contribution in [0.1, 0.15) is 37.3 Å². The summed E-state index contributed by atoms with van der Waals surface area (Å²) in [5, 5.41) is 14.4. The van der Waals surface area contributed by atoms with Crippen LogP contribution in [0.15, 0.2) is 18.5 Å². The van der Waals surface area contributed by atoms with Gasteiger partial charge in [-0.3, -0.25) is 0 Å². The van der Waals surface area contributed by atoms with E-state index < -0.39 is 6.10 Å². The molecule has 1 aromatic carbocycles. The number of nitrogens with zero attached hydrogens (tertiary/aromatic N) is 5. The molecule has 3 aromatic heterocycles. The number of aliphatic hydroxyl groups is 1. The second-order valence-electron chi connectivity index (χ2n) is 9.75. The molecule has 180 valence electrons. The van der Waals surface area contributed by atoms with Gasteiger partial charge in [-0.2, -0.15) is 9.97 Å². The Hall–Kier alpha value is -3.57. The third-order valence-electron chi connectivity index (χ3n) is 7.78. The summed E-state index contributed by atoms with van der Waals surface area (Å²) >= 11 is 0. The first-order chi connectivity index (χ1) is 16.9. The molecule has 7 rings (SSSR count). The summed E-state index contributed by atoms with van der Waals surface area (Å²) in [6.07, 6.45) is 4.61. The van der Waals surface area contributed by atoms with Crippen LogP contribution >= 0.6 is 0 Å². The predicted octanol–water partition coefficient (Wildman–Crippen LogP) is 2.78. The maximum atomic E-state index is 15.4. The minimum atomic E-state index is -0.777. The molecular formula is C24H25FN8O2. The van der Waals surface area contributed by atoms with Crippen molar-refractivity contribution in [3.8, 4) is 11.8 Å². The number of nitrogens with one attached hydrogen (secondary N) is 2. The summed E-state index contributed by atoms with van der Waals surface area (Å²) in [5.74, 6) is 1.45. The molecule has 0 amide bonds. The van der Waals surface area contributed by atoms with Crippen molar-refractivity contribution in [2.75, 3.05) is 17.3 Å². The summed E-state index contributed by atoms with van der Waals surface area (Å²) in [6, 6.07) is 2.10. The Balaban J connectivity index is 1.44. The lowest BCUT2D eigenvalue weighted by molar-refractivity contribution is 0.188. The lowest BCUT2D eigenvalue weighted by atomic mass is 9.89. The van der Waals surface area contributed by atoms with Crippen LogP contribution in [0.5, 0.6) is 11.8 Å². The molecule has 0 unspecified atom stereocenters. The van der Waals surface area contributed by atoms with Crippen molar-refractivity contribution in [1.29, 1.82) is 0 Å². The van der Waals surface area contributed by atoms with Crippen LogP contribution in [0, 0.1) is 11.7 Å². The van der Waals surface area contributed by atoms with E-state index in [-0.39, 0.29) is 35.9 Å². The zero-order chi connectivity index (χ0) is 24.0. The highest BCUT2D eigenvalue weighted by molar-refractivity contribution is 6.16. The Morgan fingerprint density at radius 1 is 1.26 bits per heavy atom. The number of piperidine rings is 1. The van der Waals surface area contributed by atoms with Gasteiger partial charge in [0.1, 0.15) is 23.4 Å². The van der Waals surface area contributed by atoms with E-state index in [1.165, 1.54) is 12.4 Å². The standard InChI is InChI=1S/C24H25FN8O2/c1-9(34)21-28-7-11(8-29-21)35-24-31-22-19-18-12(14(25)6-16(27-2)20(18)30-22)5-17-13-3-10(4-15(13)26)33(17)23(19)32-24/h6-10,13,15,17,27,34H,3-5,26H2,1-2H3,(H,30,31,32)/t9-,10-,13+,15-,17+/m1/s1. The number of aromatic amines is 1. The van der Waals surface area contributed by atoms with E-state index in [4.69, 9.17) is 15.5 Å². The Kier molecular flexibility index (Phi) is 4.28. The molecule has 1 saturated carbocycles. The summed E-state index contributed by atoms with van der Waals surface area (Å²) in [6.45, 7) is 1.60. The summed E-state index contributed by atoms with van der Waals surface area (Å²) in [4.78, 5) is 23.5. The van der Waals surface area contributed by atoms with Gasteiger partial charge >= 0.3 is 6.01 Å². The molecule has 5 N–H and O–H groups in total. The Morgan fingerprint density at radius 2 is 2.06 bits per heavy atom. The van der Waals surface area contributed by atoms with Crippen LogP contribution in [0.4, 0.5) is 15.9 Å². The number of anilines is 2. The number of halogens is 1. The average Bonchev–Trinajstić information content (AvgIpc) is 3.47. The zero-order valence-corrected chi connectivity index (χ0v) is 19.3. The van der Waals surface area contributed by atoms with Crippen molar-refractivity contribution in [2.45, 2.75) is 50.4 Å². The third kappa shape index (κ3) is 2.88. The number of fused-ring (bicyclic) bond motifs is 6. The number of ether oxygens (including phenoxy) is 1. The van der Waals surface area contributed by atoms with E-state index in [1.807, 2.05) is 0 Å².